The second-order valence-electron chi connectivity index (χ2n) is 5.09. The number of fused-ring (bicyclic) bond motifs is 1. The van der Waals surface area contributed by atoms with E-state index in [0.717, 1.165) is 30.4 Å². The fourth-order valence-corrected chi connectivity index (χ4v) is 2.70. The zero-order chi connectivity index (χ0) is 13.2. The van der Waals surface area contributed by atoms with Crippen molar-refractivity contribution in [3.05, 3.63) is 18.2 Å². The van der Waals surface area contributed by atoms with Crippen LogP contribution < -0.4 is 5.32 Å². The van der Waals surface area contributed by atoms with Crippen molar-refractivity contribution in [3.8, 4) is 0 Å². The average Bonchev–Trinajstić information content (AvgIpc) is 2.82. The van der Waals surface area contributed by atoms with Crippen molar-refractivity contribution >= 4 is 11.5 Å². The number of hydrogen-bond donors (Lipinski definition) is 1. The molecule has 0 amide bonds. The van der Waals surface area contributed by atoms with Crippen LogP contribution in [0.15, 0.2) is 12.4 Å². The highest BCUT2D eigenvalue weighted by Gasteiger charge is 2.20. The van der Waals surface area contributed by atoms with E-state index in [1.54, 1.807) is 6.20 Å². The summed E-state index contributed by atoms with van der Waals surface area (Å²) in [5.74, 6) is 1.73. The van der Waals surface area contributed by atoms with Crippen LogP contribution in [0.5, 0.6) is 0 Å². The monoisotopic (exact) mass is 260 g/mol. The summed E-state index contributed by atoms with van der Waals surface area (Å²) in [6.07, 6.45) is 6.12. The van der Waals surface area contributed by atoms with Gasteiger partial charge in [0.25, 0.3) is 0 Å². The quantitative estimate of drug-likeness (QED) is 0.902. The lowest BCUT2D eigenvalue weighted by atomic mass is 10.1. The number of piperidine rings is 1. The first kappa shape index (κ1) is 12.3. The summed E-state index contributed by atoms with van der Waals surface area (Å²) in [4.78, 5) is 6.88. The Kier molecular flexibility index (Phi) is 3.33. The van der Waals surface area contributed by atoms with Crippen LogP contribution in [0.3, 0.4) is 0 Å². The van der Waals surface area contributed by atoms with Crippen LogP contribution >= 0.6 is 0 Å². The van der Waals surface area contributed by atoms with Crippen LogP contribution in [-0.4, -0.2) is 50.2 Å². The van der Waals surface area contributed by atoms with E-state index in [9.17, 15) is 0 Å². The first-order valence-corrected chi connectivity index (χ1v) is 6.93. The third kappa shape index (κ3) is 2.40. The number of rotatable bonds is 3. The van der Waals surface area contributed by atoms with E-state index in [1.807, 2.05) is 17.5 Å². The molecule has 1 unspecified atom stereocenters. The topological polar surface area (TPSA) is 58.4 Å². The van der Waals surface area contributed by atoms with E-state index in [-0.39, 0.29) is 0 Å². The first-order chi connectivity index (χ1) is 9.28. The van der Waals surface area contributed by atoms with Crippen molar-refractivity contribution in [1.29, 1.82) is 0 Å². The molecule has 1 aliphatic rings. The lowest BCUT2D eigenvalue weighted by Gasteiger charge is -2.32. The maximum absolute atomic E-state index is 4.41. The molecule has 3 heterocycles. The Balaban J connectivity index is 1.81. The van der Waals surface area contributed by atoms with Gasteiger partial charge in [-0.3, -0.25) is 4.40 Å². The molecule has 2 aromatic rings. The van der Waals surface area contributed by atoms with E-state index in [1.165, 1.54) is 19.4 Å². The molecule has 1 atom stereocenters. The predicted molar refractivity (Wildman–Crippen MR) is 74.3 cm³/mol. The van der Waals surface area contributed by atoms with Gasteiger partial charge in [0.1, 0.15) is 5.82 Å². The Bertz CT molecular complexity index is 563. The van der Waals surface area contributed by atoms with Crippen LogP contribution in [0.1, 0.15) is 25.6 Å². The van der Waals surface area contributed by atoms with Crippen molar-refractivity contribution in [2.24, 2.45) is 0 Å². The molecule has 0 saturated carbocycles. The number of nitrogens with zero attached hydrogens (tertiary/aromatic N) is 5. The van der Waals surface area contributed by atoms with Gasteiger partial charge in [0.15, 0.2) is 5.82 Å². The molecular formula is C13H20N6. The fraction of sp³-hybridized carbons (Fsp3) is 0.615. The number of aryl methyl sites for hydroxylation is 1. The molecule has 6 nitrogen and oxygen atoms in total. The minimum Gasteiger partial charge on any atom is -0.363 e. The molecule has 19 heavy (non-hydrogen) atoms. The highest BCUT2D eigenvalue weighted by atomic mass is 15.3. The Hall–Kier alpha value is -1.69. The van der Waals surface area contributed by atoms with Crippen molar-refractivity contribution in [2.45, 2.75) is 32.7 Å². The molecule has 6 heteroatoms. The largest absolute Gasteiger partial charge is 0.363 e. The minimum absolute atomic E-state index is 0.449. The molecule has 0 spiro atoms. The van der Waals surface area contributed by atoms with Gasteiger partial charge in [-0.1, -0.05) is 6.92 Å². The molecule has 2 aromatic heterocycles. The van der Waals surface area contributed by atoms with E-state index in [0.29, 0.717) is 6.04 Å². The molecule has 0 radical (unpaired) electrons. The normalized spacial score (nSPS) is 20.8. The second-order valence-corrected chi connectivity index (χ2v) is 5.09. The van der Waals surface area contributed by atoms with Gasteiger partial charge in [-0.05, 0) is 32.9 Å². The molecule has 0 aromatic carbocycles. The number of likely N-dealkylation sites (tertiary alicyclic amines) is 1. The zero-order valence-corrected chi connectivity index (χ0v) is 11.5. The Labute approximate surface area is 112 Å². The van der Waals surface area contributed by atoms with E-state index >= 15 is 0 Å². The predicted octanol–water partition coefficient (Wildman–Crippen LogP) is 1.33. The van der Waals surface area contributed by atoms with Gasteiger partial charge in [-0.25, -0.2) is 4.98 Å². The van der Waals surface area contributed by atoms with Crippen LogP contribution in [0.2, 0.25) is 0 Å². The van der Waals surface area contributed by atoms with Gasteiger partial charge in [0.2, 0.25) is 5.65 Å². The summed E-state index contributed by atoms with van der Waals surface area (Å²) in [5.41, 5.74) is 0.814. The lowest BCUT2D eigenvalue weighted by molar-refractivity contribution is 0.226. The molecule has 1 fully saturated rings. The first-order valence-electron chi connectivity index (χ1n) is 6.93. The fourth-order valence-electron chi connectivity index (χ4n) is 2.70. The van der Waals surface area contributed by atoms with Gasteiger partial charge in [-0.2, -0.15) is 0 Å². The van der Waals surface area contributed by atoms with Gasteiger partial charge < -0.3 is 10.2 Å². The Morgan fingerprint density at radius 1 is 1.42 bits per heavy atom. The highest BCUT2D eigenvalue weighted by molar-refractivity contribution is 5.62. The highest BCUT2D eigenvalue weighted by Crippen LogP contribution is 2.17. The Morgan fingerprint density at radius 2 is 2.32 bits per heavy atom. The summed E-state index contributed by atoms with van der Waals surface area (Å²) >= 11 is 0. The van der Waals surface area contributed by atoms with Crippen molar-refractivity contribution in [2.75, 3.05) is 25.0 Å². The third-order valence-corrected chi connectivity index (χ3v) is 3.79. The van der Waals surface area contributed by atoms with Crippen molar-refractivity contribution in [1.82, 2.24) is 24.5 Å². The van der Waals surface area contributed by atoms with E-state index < -0.39 is 0 Å². The number of nitrogens with one attached hydrogen (secondary N) is 1. The zero-order valence-electron chi connectivity index (χ0n) is 11.5. The van der Waals surface area contributed by atoms with Crippen LogP contribution in [0.4, 0.5) is 5.82 Å². The standard InChI is InChI=1S/C13H20N6/c1-3-18-7-4-5-11(9-18)15-12-13-17-16-10(2)19(13)8-6-14-12/h6,8,11H,3-5,7,9H2,1-2H3,(H,14,15). The van der Waals surface area contributed by atoms with Gasteiger partial charge >= 0.3 is 0 Å². The number of aromatic nitrogens is 4. The number of anilines is 1. The van der Waals surface area contributed by atoms with Crippen molar-refractivity contribution in [3.63, 3.8) is 0 Å². The third-order valence-electron chi connectivity index (χ3n) is 3.79. The summed E-state index contributed by atoms with van der Waals surface area (Å²) in [6, 6.07) is 0.449. The van der Waals surface area contributed by atoms with Crippen LogP contribution in [-0.2, 0) is 0 Å². The molecule has 1 saturated heterocycles. The molecule has 1 N–H and O–H groups in total. The van der Waals surface area contributed by atoms with E-state index in [2.05, 4.69) is 32.3 Å². The number of hydrogen-bond acceptors (Lipinski definition) is 5. The van der Waals surface area contributed by atoms with Gasteiger partial charge in [0.05, 0.1) is 0 Å². The van der Waals surface area contributed by atoms with Crippen molar-refractivity contribution < 1.29 is 0 Å². The maximum atomic E-state index is 4.41. The Morgan fingerprint density at radius 3 is 3.16 bits per heavy atom. The molecule has 3 rings (SSSR count). The van der Waals surface area contributed by atoms with Gasteiger partial charge in [0, 0.05) is 25.0 Å². The average molecular weight is 260 g/mol. The van der Waals surface area contributed by atoms with Crippen LogP contribution in [0, 0.1) is 6.92 Å². The molecule has 102 valence electrons. The maximum Gasteiger partial charge on any atom is 0.203 e. The molecule has 1 aliphatic heterocycles. The lowest BCUT2D eigenvalue weighted by Crippen LogP contribution is -2.42. The van der Waals surface area contributed by atoms with E-state index in [4.69, 9.17) is 0 Å². The summed E-state index contributed by atoms with van der Waals surface area (Å²) in [5, 5.41) is 11.8. The summed E-state index contributed by atoms with van der Waals surface area (Å²) < 4.78 is 1.97. The second kappa shape index (κ2) is 5.13. The summed E-state index contributed by atoms with van der Waals surface area (Å²) in [7, 11) is 0. The SMILES string of the molecule is CCN1CCCC(Nc2nccn3c(C)nnc23)C1. The molecular weight excluding hydrogens is 240 g/mol. The molecule has 0 bridgehead atoms. The number of likely N-dealkylation sites (N-methyl/N-ethyl adjacent to an activating group) is 1. The smallest absolute Gasteiger partial charge is 0.203 e. The van der Waals surface area contributed by atoms with Gasteiger partial charge in [-0.15, -0.1) is 10.2 Å². The molecule has 0 aliphatic carbocycles. The van der Waals surface area contributed by atoms with Crippen LogP contribution in [0.25, 0.3) is 5.65 Å². The minimum atomic E-state index is 0.449. The summed E-state index contributed by atoms with van der Waals surface area (Å²) in [6.45, 7) is 7.55.